The van der Waals surface area contributed by atoms with E-state index in [2.05, 4.69) is 16.9 Å². The van der Waals surface area contributed by atoms with Gasteiger partial charge in [-0.15, -0.1) is 0 Å². The summed E-state index contributed by atoms with van der Waals surface area (Å²) in [6.45, 7) is 1.05. The lowest BCUT2D eigenvalue weighted by Crippen LogP contribution is -2.26. The van der Waals surface area contributed by atoms with E-state index in [1.54, 1.807) is 6.07 Å². The van der Waals surface area contributed by atoms with Crippen LogP contribution in [0, 0.1) is 0 Å². The van der Waals surface area contributed by atoms with E-state index < -0.39 is 16.3 Å². The Morgan fingerprint density at radius 2 is 2.18 bits per heavy atom. The summed E-state index contributed by atoms with van der Waals surface area (Å²) in [6.07, 6.45) is 4.87. The quantitative estimate of drug-likeness (QED) is 0.936. The highest BCUT2D eigenvalue weighted by atomic mass is 32.2. The number of H-pyrrole nitrogens is 1. The van der Waals surface area contributed by atoms with Gasteiger partial charge in [0.2, 0.25) is 0 Å². The van der Waals surface area contributed by atoms with Crippen LogP contribution in [0.2, 0.25) is 0 Å². The van der Waals surface area contributed by atoms with Gasteiger partial charge in [-0.05, 0) is 56.6 Å². The number of fused-ring (bicyclic) bond motifs is 1. The summed E-state index contributed by atoms with van der Waals surface area (Å²) in [6, 6.07) is 4.65. The zero-order chi connectivity index (χ0) is 15.9. The molecule has 1 saturated heterocycles. The van der Waals surface area contributed by atoms with Crippen LogP contribution in [0.3, 0.4) is 0 Å². The predicted octanol–water partition coefficient (Wildman–Crippen LogP) is 3.43. The fourth-order valence-corrected chi connectivity index (χ4v) is 3.75. The lowest BCUT2D eigenvalue weighted by molar-refractivity contribution is -0.0384. The van der Waals surface area contributed by atoms with Crippen LogP contribution in [0.5, 0.6) is 0 Å². The van der Waals surface area contributed by atoms with Crippen molar-refractivity contribution < 1.29 is 17.4 Å². The monoisotopic (exact) mass is 330 g/mol. The van der Waals surface area contributed by atoms with Crippen LogP contribution >= 0.6 is 0 Å². The van der Waals surface area contributed by atoms with Gasteiger partial charge >= 0.3 is 5.51 Å². The summed E-state index contributed by atoms with van der Waals surface area (Å²) in [5.74, 6) is 0. The Bertz CT molecular complexity index is 710. The standard InChI is InChI=1S/C15H17F3N2OS/c1-20-6-2-3-11(20)7-10-9-19-14-5-4-12(8-13(10)14)22(21)15(16,17)18/h4-5,8-9,11,19H,2-3,6-7H2,1H3/t11-,22?/m1/s1. The molecule has 0 radical (unpaired) electrons. The van der Waals surface area contributed by atoms with Gasteiger partial charge in [0.15, 0.2) is 10.8 Å². The average Bonchev–Trinajstić information content (AvgIpc) is 3.04. The van der Waals surface area contributed by atoms with Gasteiger partial charge in [-0.25, -0.2) is 4.21 Å². The second-order valence-corrected chi connectivity index (χ2v) is 7.19. The molecule has 2 heterocycles. The van der Waals surface area contributed by atoms with E-state index in [-0.39, 0.29) is 4.90 Å². The summed E-state index contributed by atoms with van der Waals surface area (Å²) in [5, 5.41) is 0.732. The third-order valence-electron chi connectivity index (χ3n) is 4.29. The van der Waals surface area contributed by atoms with Gasteiger partial charge < -0.3 is 9.88 Å². The molecule has 1 aliphatic heterocycles. The third-order valence-corrected chi connectivity index (χ3v) is 5.39. The van der Waals surface area contributed by atoms with Crippen molar-refractivity contribution in [3.05, 3.63) is 30.0 Å². The number of likely N-dealkylation sites (N-methyl/N-ethyl adjacent to an activating group) is 1. The van der Waals surface area contributed by atoms with Crippen LogP contribution in [0.25, 0.3) is 10.9 Å². The van der Waals surface area contributed by atoms with Crippen LogP contribution in [0.15, 0.2) is 29.3 Å². The number of nitrogens with zero attached hydrogens (tertiary/aromatic N) is 1. The molecule has 120 valence electrons. The number of rotatable bonds is 3. The first-order chi connectivity index (χ1) is 10.4. The van der Waals surface area contributed by atoms with E-state index in [0.29, 0.717) is 6.04 Å². The molecule has 22 heavy (non-hydrogen) atoms. The second kappa shape index (κ2) is 5.70. The molecule has 0 aliphatic carbocycles. The second-order valence-electron chi connectivity index (χ2n) is 5.72. The lowest BCUT2D eigenvalue weighted by atomic mass is 10.0. The van der Waals surface area contributed by atoms with Gasteiger partial charge in [0.1, 0.15) is 0 Å². The molecule has 3 rings (SSSR count). The number of likely N-dealkylation sites (tertiary alicyclic amines) is 1. The summed E-state index contributed by atoms with van der Waals surface area (Å²) >= 11 is 0. The molecule has 1 N–H and O–H groups in total. The molecule has 0 spiro atoms. The van der Waals surface area contributed by atoms with Crippen molar-refractivity contribution in [2.45, 2.75) is 35.7 Å². The minimum Gasteiger partial charge on any atom is -0.361 e. The van der Waals surface area contributed by atoms with Crippen LogP contribution in [-0.4, -0.2) is 39.2 Å². The molecule has 1 aliphatic rings. The number of aromatic nitrogens is 1. The number of aromatic amines is 1. The Morgan fingerprint density at radius 1 is 1.41 bits per heavy atom. The molecule has 1 aromatic heterocycles. The molecule has 1 aromatic carbocycles. The first-order valence-corrected chi connectivity index (χ1v) is 8.30. The summed E-state index contributed by atoms with van der Waals surface area (Å²) in [5.41, 5.74) is -2.97. The van der Waals surface area contributed by atoms with Crippen molar-refractivity contribution >= 4 is 21.7 Å². The fourth-order valence-electron chi connectivity index (χ4n) is 3.07. The van der Waals surface area contributed by atoms with Crippen LogP contribution in [0.1, 0.15) is 18.4 Å². The normalized spacial score (nSPS) is 21.5. The Hall–Kier alpha value is -1.34. The van der Waals surface area contributed by atoms with E-state index in [1.807, 2.05) is 6.20 Å². The van der Waals surface area contributed by atoms with Gasteiger partial charge in [0.25, 0.3) is 0 Å². The molecule has 2 aromatic rings. The van der Waals surface area contributed by atoms with E-state index in [9.17, 15) is 17.4 Å². The molecule has 2 atom stereocenters. The third kappa shape index (κ3) is 2.92. The number of hydrogen-bond donors (Lipinski definition) is 1. The van der Waals surface area contributed by atoms with Crippen molar-refractivity contribution in [2.24, 2.45) is 0 Å². The average molecular weight is 330 g/mol. The predicted molar refractivity (Wildman–Crippen MR) is 80.1 cm³/mol. The maximum Gasteiger partial charge on any atom is 0.475 e. The van der Waals surface area contributed by atoms with Crippen molar-refractivity contribution in [2.75, 3.05) is 13.6 Å². The molecule has 0 saturated carbocycles. The number of alkyl halides is 3. The molecular formula is C15H17F3N2OS. The maximum absolute atomic E-state index is 12.6. The number of benzene rings is 1. The number of halogens is 3. The van der Waals surface area contributed by atoms with Crippen molar-refractivity contribution in [3.8, 4) is 0 Å². The van der Waals surface area contributed by atoms with Gasteiger partial charge in [-0.3, -0.25) is 0 Å². The van der Waals surface area contributed by atoms with Crippen LogP contribution in [-0.2, 0) is 17.2 Å². The topological polar surface area (TPSA) is 36.1 Å². The molecule has 7 heteroatoms. The minimum absolute atomic E-state index is 0.194. The molecule has 1 unspecified atom stereocenters. The molecule has 0 amide bonds. The smallest absolute Gasteiger partial charge is 0.361 e. The molecular weight excluding hydrogens is 313 g/mol. The minimum atomic E-state index is -4.73. The highest BCUT2D eigenvalue weighted by Crippen LogP contribution is 2.30. The SMILES string of the molecule is CN1CCC[C@@H]1Cc1c[nH]c2ccc(S(=O)C(F)(F)F)cc12. The fraction of sp³-hybridized carbons (Fsp3) is 0.467. The number of hydrogen-bond acceptors (Lipinski definition) is 2. The Kier molecular flexibility index (Phi) is 4.03. The molecule has 1 fully saturated rings. The first kappa shape index (κ1) is 15.6. The summed E-state index contributed by atoms with van der Waals surface area (Å²) < 4.78 is 49.4. The van der Waals surface area contributed by atoms with E-state index in [1.165, 1.54) is 12.1 Å². The van der Waals surface area contributed by atoms with Gasteiger partial charge in [-0.2, -0.15) is 13.2 Å². The summed E-state index contributed by atoms with van der Waals surface area (Å²) in [4.78, 5) is 5.16. The van der Waals surface area contributed by atoms with Gasteiger partial charge in [0, 0.05) is 28.0 Å². The Morgan fingerprint density at radius 3 is 2.82 bits per heavy atom. The van der Waals surface area contributed by atoms with Gasteiger partial charge in [0.05, 0.1) is 0 Å². The zero-order valence-corrected chi connectivity index (χ0v) is 12.9. The Labute approximate surface area is 129 Å². The van der Waals surface area contributed by atoms with Crippen molar-refractivity contribution in [3.63, 3.8) is 0 Å². The van der Waals surface area contributed by atoms with Crippen LogP contribution < -0.4 is 0 Å². The largest absolute Gasteiger partial charge is 0.475 e. The van der Waals surface area contributed by atoms with E-state index in [0.717, 1.165) is 42.3 Å². The van der Waals surface area contributed by atoms with Crippen molar-refractivity contribution in [1.82, 2.24) is 9.88 Å². The van der Waals surface area contributed by atoms with E-state index in [4.69, 9.17) is 0 Å². The Balaban J connectivity index is 1.93. The zero-order valence-electron chi connectivity index (χ0n) is 12.1. The van der Waals surface area contributed by atoms with Crippen LogP contribution in [0.4, 0.5) is 13.2 Å². The number of nitrogens with one attached hydrogen (secondary N) is 1. The first-order valence-electron chi connectivity index (χ1n) is 7.15. The lowest BCUT2D eigenvalue weighted by Gasteiger charge is -2.18. The highest BCUT2D eigenvalue weighted by Gasteiger charge is 2.38. The summed E-state index contributed by atoms with van der Waals surface area (Å²) in [7, 11) is -0.918. The highest BCUT2D eigenvalue weighted by molar-refractivity contribution is 7.86. The van der Waals surface area contributed by atoms with Gasteiger partial charge in [-0.1, -0.05) is 0 Å². The van der Waals surface area contributed by atoms with Crippen molar-refractivity contribution in [1.29, 1.82) is 0 Å². The molecule has 3 nitrogen and oxygen atoms in total. The maximum atomic E-state index is 12.6. The van der Waals surface area contributed by atoms with E-state index >= 15 is 0 Å². The molecule has 0 bridgehead atoms.